The number of hydrogen-bond donors (Lipinski definition) is 1. The fourth-order valence-electron chi connectivity index (χ4n) is 1.66. The first-order valence-electron chi connectivity index (χ1n) is 6.12. The van der Waals surface area contributed by atoms with Gasteiger partial charge in [-0.3, -0.25) is 0 Å². The molecule has 0 fully saturated rings. The summed E-state index contributed by atoms with van der Waals surface area (Å²) >= 11 is 2.27. The van der Waals surface area contributed by atoms with Gasteiger partial charge in [-0.2, -0.15) is 4.98 Å². The van der Waals surface area contributed by atoms with Gasteiger partial charge < -0.3 is 10.1 Å². The molecule has 0 amide bonds. The summed E-state index contributed by atoms with van der Waals surface area (Å²) < 4.78 is 7.03. The number of anilines is 1. The van der Waals surface area contributed by atoms with Crippen molar-refractivity contribution >= 4 is 28.4 Å². The van der Waals surface area contributed by atoms with E-state index in [-0.39, 0.29) is 0 Å². The summed E-state index contributed by atoms with van der Waals surface area (Å²) in [5.41, 5.74) is 0.915. The van der Waals surface area contributed by atoms with Crippen molar-refractivity contribution in [1.82, 2.24) is 9.97 Å². The Morgan fingerprint density at radius 3 is 2.47 bits per heavy atom. The molecular formula is C14H16IN3O. The van der Waals surface area contributed by atoms with Crippen molar-refractivity contribution in [3.05, 3.63) is 39.2 Å². The second-order valence-electron chi connectivity index (χ2n) is 4.08. The topological polar surface area (TPSA) is 47.0 Å². The number of hydrogen-bond acceptors (Lipinski definition) is 4. The first kappa shape index (κ1) is 14.0. The van der Waals surface area contributed by atoms with Crippen LogP contribution in [0.1, 0.15) is 18.3 Å². The van der Waals surface area contributed by atoms with Gasteiger partial charge in [0, 0.05) is 17.0 Å². The first-order chi connectivity index (χ1) is 9.13. The van der Waals surface area contributed by atoms with Gasteiger partial charge >= 0.3 is 0 Å². The summed E-state index contributed by atoms with van der Waals surface area (Å²) in [6.07, 6.45) is 0.776. The summed E-state index contributed by atoms with van der Waals surface area (Å²) in [7, 11) is 1.85. The van der Waals surface area contributed by atoms with Gasteiger partial charge in [0.2, 0.25) is 5.88 Å². The van der Waals surface area contributed by atoms with Gasteiger partial charge in [-0.15, -0.1) is 0 Å². The number of ether oxygens (including phenoxy) is 1. The highest BCUT2D eigenvalue weighted by atomic mass is 127. The molecule has 2 aromatic rings. The van der Waals surface area contributed by atoms with Crippen LogP contribution in [0.5, 0.6) is 11.6 Å². The van der Waals surface area contributed by atoms with Crippen molar-refractivity contribution in [2.75, 3.05) is 12.4 Å². The number of halogens is 1. The Morgan fingerprint density at radius 1 is 1.21 bits per heavy atom. The van der Waals surface area contributed by atoms with E-state index in [2.05, 4.69) is 37.9 Å². The van der Waals surface area contributed by atoms with Crippen molar-refractivity contribution in [3.8, 4) is 11.6 Å². The van der Waals surface area contributed by atoms with Crippen LogP contribution >= 0.6 is 22.6 Å². The zero-order valence-electron chi connectivity index (χ0n) is 11.2. The Labute approximate surface area is 126 Å². The van der Waals surface area contributed by atoms with Gasteiger partial charge in [0.15, 0.2) is 0 Å². The van der Waals surface area contributed by atoms with E-state index in [0.29, 0.717) is 5.88 Å². The zero-order valence-corrected chi connectivity index (χ0v) is 13.4. The smallest absolute Gasteiger partial charge is 0.227 e. The highest BCUT2D eigenvalue weighted by Crippen LogP contribution is 2.27. The predicted molar refractivity (Wildman–Crippen MR) is 84.9 cm³/mol. The molecule has 100 valence electrons. The molecule has 1 aromatic carbocycles. The Kier molecular flexibility index (Phi) is 4.57. The molecule has 1 heterocycles. The van der Waals surface area contributed by atoms with Gasteiger partial charge in [-0.05, 0) is 53.8 Å². The fraction of sp³-hybridized carbons (Fsp3) is 0.286. The molecule has 0 aliphatic rings. The van der Waals surface area contributed by atoms with E-state index >= 15 is 0 Å². The lowest BCUT2D eigenvalue weighted by atomic mass is 10.3. The van der Waals surface area contributed by atoms with E-state index in [1.807, 2.05) is 45.2 Å². The maximum atomic E-state index is 5.85. The monoisotopic (exact) mass is 369 g/mol. The Hall–Kier alpha value is -1.37. The largest absolute Gasteiger partial charge is 0.439 e. The van der Waals surface area contributed by atoms with Crippen LogP contribution < -0.4 is 10.1 Å². The molecule has 0 saturated carbocycles. The van der Waals surface area contributed by atoms with Gasteiger partial charge in [0.1, 0.15) is 17.4 Å². The van der Waals surface area contributed by atoms with E-state index in [9.17, 15) is 0 Å². The maximum Gasteiger partial charge on any atom is 0.227 e. The molecule has 0 radical (unpaired) electrons. The average Bonchev–Trinajstić information content (AvgIpc) is 2.43. The minimum absolute atomic E-state index is 0.609. The zero-order chi connectivity index (χ0) is 13.8. The molecule has 1 aromatic heterocycles. The molecule has 1 N–H and O–H groups in total. The second-order valence-corrected chi connectivity index (χ2v) is 5.32. The van der Waals surface area contributed by atoms with Crippen molar-refractivity contribution in [2.24, 2.45) is 0 Å². The molecule has 0 aliphatic carbocycles. The van der Waals surface area contributed by atoms with Crippen LogP contribution in [0, 0.1) is 10.5 Å². The highest BCUT2D eigenvalue weighted by Gasteiger charge is 2.11. The van der Waals surface area contributed by atoms with Crippen molar-refractivity contribution in [1.29, 1.82) is 0 Å². The van der Waals surface area contributed by atoms with Crippen LogP contribution in [0.15, 0.2) is 24.3 Å². The van der Waals surface area contributed by atoms with Crippen LogP contribution in [0.25, 0.3) is 0 Å². The third-order valence-corrected chi connectivity index (χ3v) is 3.45. The summed E-state index contributed by atoms with van der Waals surface area (Å²) in [4.78, 5) is 8.86. The molecule has 5 heteroatoms. The standard InChI is InChI=1S/C14H16IN3O/c1-4-12-17-13(16-3)9(2)14(18-12)19-11-7-5-10(15)6-8-11/h5-8H,4H2,1-3H3,(H,16,17,18). The number of aromatic nitrogens is 2. The van der Waals surface area contributed by atoms with E-state index in [4.69, 9.17) is 4.74 Å². The molecule has 0 saturated heterocycles. The number of aryl methyl sites for hydroxylation is 1. The molecule has 0 aliphatic heterocycles. The van der Waals surface area contributed by atoms with Crippen LogP contribution in [-0.4, -0.2) is 17.0 Å². The average molecular weight is 369 g/mol. The Morgan fingerprint density at radius 2 is 1.89 bits per heavy atom. The molecule has 4 nitrogen and oxygen atoms in total. The highest BCUT2D eigenvalue weighted by molar-refractivity contribution is 14.1. The lowest BCUT2D eigenvalue weighted by Gasteiger charge is -2.12. The molecular weight excluding hydrogens is 353 g/mol. The lowest BCUT2D eigenvalue weighted by Crippen LogP contribution is -2.04. The Balaban J connectivity index is 2.35. The van der Waals surface area contributed by atoms with E-state index in [1.54, 1.807) is 0 Å². The van der Waals surface area contributed by atoms with E-state index in [1.165, 1.54) is 3.57 Å². The molecule has 19 heavy (non-hydrogen) atoms. The number of rotatable bonds is 4. The fourth-order valence-corrected chi connectivity index (χ4v) is 2.02. The minimum Gasteiger partial charge on any atom is -0.439 e. The van der Waals surface area contributed by atoms with Crippen LogP contribution in [0.3, 0.4) is 0 Å². The van der Waals surface area contributed by atoms with Crippen molar-refractivity contribution in [2.45, 2.75) is 20.3 Å². The summed E-state index contributed by atoms with van der Waals surface area (Å²) in [5.74, 6) is 2.98. The third-order valence-electron chi connectivity index (χ3n) is 2.73. The maximum absolute atomic E-state index is 5.85. The number of nitrogens with one attached hydrogen (secondary N) is 1. The van der Waals surface area contributed by atoms with Crippen LogP contribution in [-0.2, 0) is 6.42 Å². The molecule has 0 unspecified atom stereocenters. The van der Waals surface area contributed by atoms with E-state index < -0.39 is 0 Å². The van der Waals surface area contributed by atoms with E-state index in [0.717, 1.165) is 29.4 Å². The second kappa shape index (κ2) is 6.18. The summed E-state index contributed by atoms with van der Waals surface area (Å²) in [6, 6.07) is 7.89. The first-order valence-corrected chi connectivity index (χ1v) is 7.20. The summed E-state index contributed by atoms with van der Waals surface area (Å²) in [5, 5.41) is 3.07. The molecule has 0 spiro atoms. The van der Waals surface area contributed by atoms with Gasteiger partial charge in [0.05, 0.1) is 5.56 Å². The number of benzene rings is 1. The van der Waals surface area contributed by atoms with Crippen molar-refractivity contribution in [3.63, 3.8) is 0 Å². The normalized spacial score (nSPS) is 10.3. The minimum atomic E-state index is 0.609. The van der Waals surface area contributed by atoms with Gasteiger partial charge in [-0.25, -0.2) is 4.98 Å². The number of nitrogens with zero attached hydrogens (tertiary/aromatic N) is 2. The SMILES string of the molecule is CCc1nc(NC)c(C)c(Oc2ccc(I)cc2)n1. The molecule has 0 bridgehead atoms. The summed E-state index contributed by atoms with van der Waals surface area (Å²) in [6.45, 7) is 3.98. The van der Waals surface area contributed by atoms with Gasteiger partial charge in [-0.1, -0.05) is 6.92 Å². The molecule has 0 atom stereocenters. The van der Waals surface area contributed by atoms with Crippen LogP contribution in [0.4, 0.5) is 5.82 Å². The predicted octanol–water partition coefficient (Wildman–Crippen LogP) is 3.79. The molecule has 2 rings (SSSR count). The third kappa shape index (κ3) is 3.34. The van der Waals surface area contributed by atoms with Gasteiger partial charge in [0.25, 0.3) is 0 Å². The van der Waals surface area contributed by atoms with Crippen molar-refractivity contribution < 1.29 is 4.74 Å². The Bertz CT molecular complexity index is 570. The lowest BCUT2D eigenvalue weighted by molar-refractivity contribution is 0.455. The van der Waals surface area contributed by atoms with Crippen LogP contribution in [0.2, 0.25) is 0 Å². The quantitative estimate of drug-likeness (QED) is 0.834.